The molecule has 2 bridgehead atoms. The number of carbonyl (C=O) groups is 1. The van der Waals surface area contributed by atoms with Gasteiger partial charge < -0.3 is 14.8 Å². The number of piperidine rings is 1. The Labute approximate surface area is 155 Å². The average molecular weight is 355 g/mol. The van der Waals surface area contributed by atoms with E-state index in [0.717, 1.165) is 37.5 Å². The summed E-state index contributed by atoms with van der Waals surface area (Å²) in [4.78, 5) is 12.6. The molecular weight excluding hydrogens is 326 g/mol. The molecule has 1 aromatic rings. The summed E-state index contributed by atoms with van der Waals surface area (Å²) in [6.07, 6.45) is 7.85. The van der Waals surface area contributed by atoms with Gasteiger partial charge in [-0.25, -0.2) is 0 Å². The smallest absolute Gasteiger partial charge is 0.134 e. The van der Waals surface area contributed by atoms with E-state index in [0.29, 0.717) is 18.6 Å². The van der Waals surface area contributed by atoms with Crippen LogP contribution >= 0.6 is 0 Å². The third kappa shape index (κ3) is 2.12. The molecule has 5 rings (SSSR count). The number of hydrogen-bond acceptors (Lipinski definition) is 4. The van der Waals surface area contributed by atoms with Crippen LogP contribution in [0.25, 0.3) is 0 Å². The van der Waals surface area contributed by atoms with E-state index < -0.39 is 0 Å². The molecule has 1 aliphatic heterocycles. The zero-order valence-electron chi connectivity index (χ0n) is 15.9. The number of hydrogen-bond donors (Lipinski definition) is 1. The highest BCUT2D eigenvalue weighted by Gasteiger charge is 2.65. The van der Waals surface area contributed by atoms with E-state index >= 15 is 0 Å². The van der Waals surface area contributed by atoms with Crippen molar-refractivity contribution in [3.8, 4) is 5.75 Å². The van der Waals surface area contributed by atoms with Crippen LogP contribution in [0.3, 0.4) is 0 Å². The lowest BCUT2D eigenvalue weighted by molar-refractivity contribution is -0.161. The Kier molecular flexibility index (Phi) is 3.74. The van der Waals surface area contributed by atoms with Gasteiger partial charge in [-0.1, -0.05) is 6.07 Å². The molecule has 2 saturated carbocycles. The van der Waals surface area contributed by atoms with Gasteiger partial charge in [0.2, 0.25) is 0 Å². The third-order valence-electron chi connectivity index (χ3n) is 7.64. The molecule has 0 spiro atoms. The summed E-state index contributed by atoms with van der Waals surface area (Å²) in [5.74, 6) is 2.18. The van der Waals surface area contributed by atoms with Crippen molar-refractivity contribution in [2.24, 2.45) is 5.92 Å². The fourth-order valence-electron chi connectivity index (χ4n) is 6.30. The van der Waals surface area contributed by atoms with Crippen molar-refractivity contribution in [1.29, 1.82) is 0 Å². The lowest BCUT2D eigenvalue weighted by atomic mass is 9.49. The van der Waals surface area contributed by atoms with Crippen LogP contribution < -0.4 is 10.1 Å². The molecule has 26 heavy (non-hydrogen) atoms. The number of fused-ring (bicyclic) bond motifs is 1. The lowest BCUT2D eigenvalue weighted by Crippen LogP contribution is -2.73. The third-order valence-corrected chi connectivity index (χ3v) is 7.64. The Balaban J connectivity index is 1.75. The number of nitrogens with one attached hydrogen (secondary N) is 1. The molecule has 1 aromatic carbocycles. The van der Waals surface area contributed by atoms with Crippen LogP contribution in [0, 0.1) is 5.92 Å². The van der Waals surface area contributed by atoms with Crippen LogP contribution in [0.1, 0.15) is 55.2 Å². The fraction of sp³-hybridized carbons (Fsp3) is 0.682. The number of ketones is 1. The van der Waals surface area contributed by atoms with Gasteiger partial charge in [0, 0.05) is 37.0 Å². The predicted octanol–water partition coefficient (Wildman–Crippen LogP) is 2.94. The summed E-state index contributed by atoms with van der Waals surface area (Å²) in [7, 11) is 3.61. The van der Waals surface area contributed by atoms with E-state index in [1.54, 1.807) is 7.11 Å². The van der Waals surface area contributed by atoms with Crippen LogP contribution in [0.2, 0.25) is 0 Å². The normalized spacial score (nSPS) is 35.6. The van der Waals surface area contributed by atoms with Gasteiger partial charge in [0.05, 0.1) is 12.7 Å². The van der Waals surface area contributed by atoms with Crippen LogP contribution in [0.5, 0.6) is 5.75 Å². The number of ether oxygens (including phenoxy) is 2. The van der Waals surface area contributed by atoms with Gasteiger partial charge in [-0.3, -0.25) is 4.79 Å². The van der Waals surface area contributed by atoms with Gasteiger partial charge in [0.15, 0.2) is 0 Å². The minimum absolute atomic E-state index is 0.245. The summed E-state index contributed by atoms with van der Waals surface area (Å²) in [5.41, 5.74) is 3.67. The van der Waals surface area contributed by atoms with Gasteiger partial charge >= 0.3 is 0 Å². The second-order valence-corrected chi connectivity index (χ2v) is 8.78. The van der Waals surface area contributed by atoms with Gasteiger partial charge in [-0.05, 0) is 68.2 Å². The Bertz CT molecular complexity index is 756. The lowest BCUT2D eigenvalue weighted by Gasteiger charge is -2.62. The highest BCUT2D eigenvalue weighted by molar-refractivity contribution is 5.83. The second-order valence-electron chi connectivity index (χ2n) is 8.78. The van der Waals surface area contributed by atoms with E-state index in [1.165, 1.54) is 36.0 Å². The molecule has 0 unspecified atom stereocenters. The quantitative estimate of drug-likeness (QED) is 0.902. The molecule has 4 aliphatic rings. The van der Waals surface area contributed by atoms with E-state index in [2.05, 4.69) is 17.4 Å². The molecular formula is C22H29NO3. The monoisotopic (exact) mass is 355 g/mol. The minimum Gasteiger partial charge on any atom is -0.496 e. The van der Waals surface area contributed by atoms with Crippen molar-refractivity contribution in [1.82, 2.24) is 5.32 Å². The number of rotatable bonds is 4. The van der Waals surface area contributed by atoms with Crippen LogP contribution in [0.15, 0.2) is 12.1 Å². The Morgan fingerprint density at radius 3 is 2.81 bits per heavy atom. The van der Waals surface area contributed by atoms with Gasteiger partial charge in [-0.15, -0.1) is 0 Å². The van der Waals surface area contributed by atoms with Crippen LogP contribution in [-0.4, -0.2) is 38.2 Å². The molecule has 1 heterocycles. The van der Waals surface area contributed by atoms with E-state index in [1.807, 2.05) is 7.11 Å². The van der Waals surface area contributed by atoms with E-state index in [-0.39, 0.29) is 17.1 Å². The van der Waals surface area contributed by atoms with Gasteiger partial charge in [0.1, 0.15) is 11.5 Å². The van der Waals surface area contributed by atoms with Crippen molar-refractivity contribution in [3.05, 3.63) is 28.8 Å². The molecule has 0 aromatic heterocycles. The first-order chi connectivity index (χ1) is 12.6. The van der Waals surface area contributed by atoms with Gasteiger partial charge in [0.25, 0.3) is 0 Å². The first-order valence-electron chi connectivity index (χ1n) is 10.1. The molecule has 4 nitrogen and oxygen atoms in total. The van der Waals surface area contributed by atoms with Gasteiger partial charge in [-0.2, -0.15) is 0 Å². The van der Waals surface area contributed by atoms with E-state index in [4.69, 9.17) is 9.47 Å². The maximum atomic E-state index is 12.6. The maximum Gasteiger partial charge on any atom is 0.134 e. The minimum atomic E-state index is -0.294. The number of benzene rings is 1. The zero-order valence-corrected chi connectivity index (χ0v) is 15.9. The molecule has 0 amide bonds. The van der Waals surface area contributed by atoms with Crippen molar-refractivity contribution in [2.75, 3.05) is 20.8 Å². The molecule has 1 N–H and O–H groups in total. The molecule has 3 fully saturated rings. The average Bonchev–Trinajstić information content (AvgIpc) is 3.45. The van der Waals surface area contributed by atoms with Crippen LogP contribution in [-0.2, 0) is 27.8 Å². The Morgan fingerprint density at radius 2 is 2.08 bits per heavy atom. The summed E-state index contributed by atoms with van der Waals surface area (Å²) in [6.45, 7) is 0.943. The van der Waals surface area contributed by atoms with Crippen molar-refractivity contribution < 1.29 is 14.3 Å². The van der Waals surface area contributed by atoms with Crippen molar-refractivity contribution >= 4 is 5.78 Å². The summed E-state index contributed by atoms with van der Waals surface area (Å²) in [5, 5.41) is 3.75. The SMILES string of the molecule is COc1ccc(CC2CC2)c2c1[C@]13CCN[C@H](C2)[C@]1(OC)CCC(=O)C3. The first kappa shape index (κ1) is 16.8. The number of methoxy groups -OCH3 is 2. The standard InChI is InChI=1S/C22H29NO3/c1-25-18-6-5-15(11-14-3-4-14)17-12-19-22(26-2)8-7-16(24)13-21(22,20(17)18)9-10-23-19/h5-6,14,19,23H,3-4,7-13H2,1-2H3/t19-,21-,22-/m1/s1. The highest BCUT2D eigenvalue weighted by Crippen LogP contribution is 2.59. The molecule has 3 aliphatic carbocycles. The second kappa shape index (κ2) is 5.80. The molecule has 1 saturated heterocycles. The Morgan fingerprint density at radius 1 is 1.23 bits per heavy atom. The van der Waals surface area contributed by atoms with Crippen LogP contribution in [0.4, 0.5) is 0 Å². The molecule has 140 valence electrons. The first-order valence-corrected chi connectivity index (χ1v) is 10.1. The summed E-state index contributed by atoms with van der Waals surface area (Å²) < 4.78 is 12.2. The van der Waals surface area contributed by atoms with E-state index in [9.17, 15) is 4.79 Å². The maximum absolute atomic E-state index is 12.6. The highest BCUT2D eigenvalue weighted by atomic mass is 16.5. The number of Topliss-reactive ketones (excluding diaryl/α,β-unsaturated/α-hetero) is 1. The number of carbonyl (C=O) groups excluding carboxylic acids is 1. The van der Waals surface area contributed by atoms with Crippen molar-refractivity contribution in [2.45, 2.75) is 68.4 Å². The van der Waals surface area contributed by atoms with Crippen molar-refractivity contribution in [3.63, 3.8) is 0 Å². The fourth-order valence-corrected chi connectivity index (χ4v) is 6.30. The topological polar surface area (TPSA) is 47.6 Å². The molecule has 0 radical (unpaired) electrons. The largest absolute Gasteiger partial charge is 0.496 e. The Hall–Kier alpha value is -1.39. The zero-order chi connectivity index (χ0) is 17.9. The summed E-state index contributed by atoms with van der Waals surface area (Å²) in [6, 6.07) is 4.70. The predicted molar refractivity (Wildman–Crippen MR) is 99.8 cm³/mol. The molecule has 4 heteroatoms. The summed E-state index contributed by atoms with van der Waals surface area (Å²) >= 11 is 0. The molecule has 3 atom stereocenters.